The summed E-state index contributed by atoms with van der Waals surface area (Å²) in [5.41, 5.74) is 1.84. The number of carbonyl (C=O) groups excluding carboxylic acids is 2. The number of nitrogens with one attached hydrogen (secondary N) is 1. The Morgan fingerprint density at radius 3 is 2.50 bits per heavy atom. The van der Waals surface area contributed by atoms with Crippen LogP contribution in [0.5, 0.6) is 0 Å². The first-order valence-electron chi connectivity index (χ1n) is 5.45. The van der Waals surface area contributed by atoms with Gasteiger partial charge in [0.25, 0.3) is 0 Å². The quantitative estimate of drug-likeness (QED) is 0.835. The minimum absolute atomic E-state index is 0.00419. The molecule has 1 aromatic carbocycles. The molecule has 92 valence electrons. The van der Waals surface area contributed by atoms with Crippen molar-refractivity contribution in [3.05, 3.63) is 47.9 Å². The van der Waals surface area contributed by atoms with E-state index in [1.54, 1.807) is 30.3 Å². The molecule has 0 fully saturated rings. The van der Waals surface area contributed by atoms with Crippen molar-refractivity contribution in [1.82, 2.24) is 5.16 Å². The summed E-state index contributed by atoms with van der Waals surface area (Å²) < 4.78 is 4.64. The van der Waals surface area contributed by atoms with Crippen molar-refractivity contribution in [2.24, 2.45) is 0 Å². The molecule has 0 unspecified atom stereocenters. The van der Waals surface area contributed by atoms with E-state index in [9.17, 15) is 9.59 Å². The molecule has 0 aliphatic heterocycles. The summed E-state index contributed by atoms with van der Waals surface area (Å²) in [5.74, 6) is -0.185. The van der Waals surface area contributed by atoms with Gasteiger partial charge in [0.2, 0.25) is 5.91 Å². The van der Waals surface area contributed by atoms with Gasteiger partial charge in [-0.2, -0.15) is 0 Å². The van der Waals surface area contributed by atoms with Crippen molar-refractivity contribution in [3.63, 3.8) is 0 Å². The summed E-state index contributed by atoms with van der Waals surface area (Å²) in [6, 6.07) is 8.37. The van der Waals surface area contributed by atoms with Gasteiger partial charge in [0.05, 0.1) is 12.1 Å². The fourth-order valence-electron chi connectivity index (χ4n) is 1.49. The second-order valence-corrected chi connectivity index (χ2v) is 3.85. The zero-order valence-corrected chi connectivity index (χ0v) is 9.84. The lowest BCUT2D eigenvalue weighted by Gasteiger charge is -2.04. The Hall–Kier alpha value is -2.43. The molecule has 0 saturated heterocycles. The Kier molecular flexibility index (Phi) is 3.52. The predicted octanol–water partition coefficient (Wildman–Crippen LogP) is 2.06. The maximum atomic E-state index is 11.6. The molecule has 0 atom stereocenters. The average molecular weight is 244 g/mol. The number of carbonyl (C=O) groups is 2. The molecule has 18 heavy (non-hydrogen) atoms. The van der Waals surface area contributed by atoms with Crippen molar-refractivity contribution >= 4 is 17.4 Å². The summed E-state index contributed by atoms with van der Waals surface area (Å²) >= 11 is 0. The molecule has 1 heterocycles. The van der Waals surface area contributed by atoms with Gasteiger partial charge < -0.3 is 9.84 Å². The Morgan fingerprint density at radius 1 is 1.22 bits per heavy atom. The SMILES string of the molecule is CC(=O)c1ccc(NC(=O)Cc2ccon2)cc1. The van der Waals surface area contributed by atoms with Crippen LogP contribution in [0.1, 0.15) is 23.0 Å². The van der Waals surface area contributed by atoms with Gasteiger partial charge in [-0.15, -0.1) is 0 Å². The largest absolute Gasteiger partial charge is 0.364 e. The van der Waals surface area contributed by atoms with Crippen LogP contribution >= 0.6 is 0 Å². The van der Waals surface area contributed by atoms with Crippen molar-refractivity contribution in [2.45, 2.75) is 13.3 Å². The number of ketones is 1. The molecule has 5 nitrogen and oxygen atoms in total. The lowest BCUT2D eigenvalue weighted by molar-refractivity contribution is -0.115. The Balaban J connectivity index is 1.97. The predicted molar refractivity (Wildman–Crippen MR) is 65.3 cm³/mol. The first kappa shape index (κ1) is 12.0. The van der Waals surface area contributed by atoms with Crippen molar-refractivity contribution in [2.75, 3.05) is 5.32 Å². The second-order valence-electron chi connectivity index (χ2n) is 3.85. The Labute approximate surface area is 104 Å². The lowest BCUT2D eigenvalue weighted by atomic mass is 10.1. The molecule has 0 bridgehead atoms. The van der Waals surface area contributed by atoms with Crippen LogP contribution < -0.4 is 5.32 Å². The van der Waals surface area contributed by atoms with Crippen LogP contribution in [0, 0.1) is 0 Å². The third-order valence-electron chi connectivity index (χ3n) is 2.41. The van der Waals surface area contributed by atoms with Crippen LogP contribution in [-0.4, -0.2) is 16.8 Å². The summed E-state index contributed by atoms with van der Waals surface area (Å²) in [6.07, 6.45) is 1.58. The molecule has 0 spiro atoms. The molecule has 0 aliphatic carbocycles. The van der Waals surface area contributed by atoms with Gasteiger partial charge in [0, 0.05) is 17.3 Å². The molecule has 5 heteroatoms. The van der Waals surface area contributed by atoms with Gasteiger partial charge in [-0.05, 0) is 31.2 Å². The number of Topliss-reactive ketones (excluding diaryl/α,β-unsaturated/α-hetero) is 1. The smallest absolute Gasteiger partial charge is 0.230 e. The van der Waals surface area contributed by atoms with Crippen LogP contribution in [-0.2, 0) is 11.2 Å². The number of aromatic nitrogens is 1. The number of nitrogens with zero attached hydrogens (tertiary/aromatic N) is 1. The Morgan fingerprint density at radius 2 is 1.94 bits per heavy atom. The molecular weight excluding hydrogens is 232 g/mol. The van der Waals surface area contributed by atoms with Gasteiger partial charge in [-0.25, -0.2) is 0 Å². The monoisotopic (exact) mass is 244 g/mol. The van der Waals surface area contributed by atoms with E-state index < -0.39 is 0 Å². The minimum Gasteiger partial charge on any atom is -0.364 e. The average Bonchev–Trinajstić information content (AvgIpc) is 2.82. The fourth-order valence-corrected chi connectivity index (χ4v) is 1.49. The first-order valence-corrected chi connectivity index (χ1v) is 5.45. The van der Waals surface area contributed by atoms with Gasteiger partial charge in [0.15, 0.2) is 5.78 Å². The Bertz CT molecular complexity index is 544. The van der Waals surface area contributed by atoms with E-state index >= 15 is 0 Å². The number of rotatable bonds is 4. The number of benzene rings is 1. The highest BCUT2D eigenvalue weighted by molar-refractivity contribution is 5.95. The molecule has 2 rings (SSSR count). The molecular formula is C13H12N2O3. The molecule has 0 saturated carbocycles. The number of hydrogen-bond donors (Lipinski definition) is 1. The van der Waals surface area contributed by atoms with Gasteiger partial charge >= 0.3 is 0 Å². The molecule has 1 aromatic heterocycles. The molecule has 1 amide bonds. The number of anilines is 1. The van der Waals surface area contributed by atoms with E-state index in [4.69, 9.17) is 0 Å². The van der Waals surface area contributed by atoms with Crippen molar-refractivity contribution in [1.29, 1.82) is 0 Å². The van der Waals surface area contributed by atoms with Gasteiger partial charge in [-0.3, -0.25) is 9.59 Å². The van der Waals surface area contributed by atoms with E-state index in [1.165, 1.54) is 13.2 Å². The highest BCUT2D eigenvalue weighted by Gasteiger charge is 2.06. The van der Waals surface area contributed by atoms with Gasteiger partial charge in [0.1, 0.15) is 6.26 Å². The molecule has 1 N–H and O–H groups in total. The maximum absolute atomic E-state index is 11.6. The van der Waals surface area contributed by atoms with Crippen molar-refractivity contribution < 1.29 is 14.1 Å². The number of amides is 1. The van der Waals surface area contributed by atoms with Crippen molar-refractivity contribution in [3.8, 4) is 0 Å². The maximum Gasteiger partial charge on any atom is 0.230 e. The highest BCUT2D eigenvalue weighted by atomic mass is 16.5. The summed E-state index contributed by atoms with van der Waals surface area (Å²) in [5, 5.41) is 6.37. The van der Waals surface area contributed by atoms with E-state index in [1.807, 2.05) is 0 Å². The van der Waals surface area contributed by atoms with E-state index in [0.29, 0.717) is 16.9 Å². The molecule has 2 aromatic rings. The second kappa shape index (κ2) is 5.27. The molecule has 0 radical (unpaired) electrons. The summed E-state index contributed by atoms with van der Waals surface area (Å²) in [6.45, 7) is 1.50. The lowest BCUT2D eigenvalue weighted by Crippen LogP contribution is -2.14. The van der Waals surface area contributed by atoms with E-state index in [2.05, 4.69) is 15.0 Å². The topological polar surface area (TPSA) is 72.2 Å². The third-order valence-corrected chi connectivity index (χ3v) is 2.41. The summed E-state index contributed by atoms with van der Waals surface area (Å²) in [7, 11) is 0. The zero-order chi connectivity index (χ0) is 13.0. The zero-order valence-electron chi connectivity index (χ0n) is 9.84. The van der Waals surface area contributed by atoms with Crippen LogP contribution in [0.4, 0.5) is 5.69 Å². The van der Waals surface area contributed by atoms with Crippen LogP contribution in [0.25, 0.3) is 0 Å². The number of hydrogen-bond acceptors (Lipinski definition) is 4. The van der Waals surface area contributed by atoms with E-state index in [-0.39, 0.29) is 18.1 Å². The van der Waals surface area contributed by atoms with Crippen LogP contribution in [0.3, 0.4) is 0 Å². The van der Waals surface area contributed by atoms with Gasteiger partial charge in [-0.1, -0.05) is 5.16 Å². The summed E-state index contributed by atoms with van der Waals surface area (Å²) in [4.78, 5) is 22.7. The standard InChI is InChI=1S/C13H12N2O3/c1-9(16)10-2-4-11(5-3-10)14-13(17)8-12-6-7-18-15-12/h2-7H,8H2,1H3,(H,14,17). The van der Waals surface area contributed by atoms with E-state index in [0.717, 1.165) is 0 Å². The third kappa shape index (κ3) is 3.04. The normalized spacial score (nSPS) is 10.1. The molecule has 0 aliphatic rings. The fraction of sp³-hybridized carbons (Fsp3) is 0.154. The van der Waals surface area contributed by atoms with Crippen LogP contribution in [0.15, 0.2) is 41.1 Å². The first-order chi connectivity index (χ1) is 8.65. The minimum atomic E-state index is -0.181. The highest BCUT2D eigenvalue weighted by Crippen LogP contribution is 2.10. The van der Waals surface area contributed by atoms with Crippen LogP contribution in [0.2, 0.25) is 0 Å².